The lowest BCUT2D eigenvalue weighted by molar-refractivity contribution is 0.228. The maximum atomic E-state index is 5.71. The molecule has 0 saturated carbocycles. The second kappa shape index (κ2) is 7.77. The Morgan fingerprint density at radius 1 is 1.27 bits per heavy atom. The summed E-state index contributed by atoms with van der Waals surface area (Å²) in [5, 5.41) is 3.40. The summed E-state index contributed by atoms with van der Waals surface area (Å²) >= 11 is 7.30. The van der Waals surface area contributed by atoms with Crippen LogP contribution in [0.4, 0.5) is 5.82 Å². The molecule has 8 heteroatoms. The molecular formula is C18H24N4O2S2. The van der Waals surface area contributed by atoms with E-state index in [1.54, 1.807) is 25.6 Å². The lowest BCUT2D eigenvalue weighted by atomic mass is 10.2. The third-order valence-electron chi connectivity index (χ3n) is 4.47. The average molecular weight is 393 g/mol. The molecule has 1 aliphatic rings. The molecule has 1 N–H and O–H groups in total. The van der Waals surface area contributed by atoms with Crippen molar-refractivity contribution in [2.75, 3.05) is 32.6 Å². The molecule has 140 valence electrons. The molecular weight excluding hydrogens is 368 g/mol. The normalized spacial score (nSPS) is 16.1. The number of aliphatic imine (C=N–C) groups is 1. The third kappa shape index (κ3) is 3.24. The summed E-state index contributed by atoms with van der Waals surface area (Å²) in [5.74, 6) is 3.30. The highest BCUT2D eigenvalue weighted by molar-refractivity contribution is 7.73. The zero-order valence-electron chi connectivity index (χ0n) is 15.7. The van der Waals surface area contributed by atoms with E-state index < -0.39 is 0 Å². The molecule has 0 fully saturated rings. The van der Waals surface area contributed by atoms with Gasteiger partial charge in [0.15, 0.2) is 3.95 Å². The molecule has 1 unspecified atom stereocenters. The van der Waals surface area contributed by atoms with Gasteiger partial charge in [-0.1, -0.05) is 13.8 Å². The van der Waals surface area contributed by atoms with Crippen molar-refractivity contribution in [3.05, 3.63) is 27.0 Å². The van der Waals surface area contributed by atoms with Crippen molar-refractivity contribution < 1.29 is 9.47 Å². The zero-order chi connectivity index (χ0) is 18.8. The van der Waals surface area contributed by atoms with Crippen LogP contribution in [0.1, 0.15) is 31.8 Å². The van der Waals surface area contributed by atoms with Gasteiger partial charge in [-0.2, -0.15) is 0 Å². The van der Waals surface area contributed by atoms with Crippen LogP contribution in [-0.4, -0.2) is 42.6 Å². The summed E-state index contributed by atoms with van der Waals surface area (Å²) in [7, 11) is 3.29. The highest BCUT2D eigenvalue weighted by atomic mass is 32.1. The minimum absolute atomic E-state index is 0.0153. The smallest absolute Gasteiger partial charge is 0.167 e. The number of thiazole rings is 1. The Morgan fingerprint density at radius 2 is 2.00 bits per heavy atom. The van der Waals surface area contributed by atoms with E-state index >= 15 is 0 Å². The second-order valence-corrected chi connectivity index (χ2v) is 7.56. The average Bonchev–Trinajstić information content (AvgIpc) is 2.97. The van der Waals surface area contributed by atoms with Gasteiger partial charge in [0.1, 0.15) is 29.3 Å². The number of ether oxygens (including phenoxy) is 2. The predicted octanol–water partition coefficient (Wildman–Crippen LogP) is 4.47. The van der Waals surface area contributed by atoms with E-state index in [0.717, 1.165) is 45.0 Å². The van der Waals surface area contributed by atoms with Crippen LogP contribution in [0.5, 0.6) is 11.5 Å². The van der Waals surface area contributed by atoms with Gasteiger partial charge >= 0.3 is 0 Å². The van der Waals surface area contributed by atoms with Crippen LogP contribution in [0.15, 0.2) is 23.2 Å². The summed E-state index contributed by atoms with van der Waals surface area (Å²) in [5.41, 5.74) is 0.885. The monoisotopic (exact) mass is 392 g/mol. The van der Waals surface area contributed by atoms with Gasteiger partial charge in [0.25, 0.3) is 0 Å². The van der Waals surface area contributed by atoms with Gasteiger partial charge in [-0.05, 0) is 44.4 Å². The van der Waals surface area contributed by atoms with Crippen LogP contribution in [0, 0.1) is 3.95 Å². The van der Waals surface area contributed by atoms with Crippen LogP contribution in [0.2, 0.25) is 0 Å². The fourth-order valence-electron chi connectivity index (χ4n) is 3.13. The topological polar surface area (TPSA) is 51.0 Å². The number of anilines is 1. The van der Waals surface area contributed by atoms with Crippen LogP contribution in [0.25, 0.3) is 5.69 Å². The largest absolute Gasteiger partial charge is 0.497 e. The Morgan fingerprint density at radius 3 is 2.62 bits per heavy atom. The SMILES string of the molecule is CCN(CC)C1N=C(C)Nc2c1sc(=S)n2-c1ccc(OC)cc1OC. The number of nitrogens with one attached hydrogen (secondary N) is 1. The summed E-state index contributed by atoms with van der Waals surface area (Å²) in [6, 6.07) is 5.75. The fraction of sp³-hybridized carbons (Fsp3) is 0.444. The first-order valence-electron chi connectivity index (χ1n) is 8.57. The molecule has 0 amide bonds. The second-order valence-electron chi connectivity index (χ2n) is 5.89. The molecule has 1 aromatic heterocycles. The van der Waals surface area contributed by atoms with Crippen LogP contribution < -0.4 is 14.8 Å². The Labute approximate surface area is 163 Å². The van der Waals surface area contributed by atoms with E-state index in [4.69, 9.17) is 26.7 Å². The number of aromatic nitrogens is 1. The van der Waals surface area contributed by atoms with E-state index in [9.17, 15) is 0 Å². The van der Waals surface area contributed by atoms with Crippen molar-refractivity contribution >= 4 is 35.2 Å². The van der Waals surface area contributed by atoms with Gasteiger partial charge < -0.3 is 14.8 Å². The Kier molecular flexibility index (Phi) is 5.64. The lowest BCUT2D eigenvalue weighted by Gasteiger charge is -2.30. The number of rotatable bonds is 6. The first-order chi connectivity index (χ1) is 12.5. The maximum Gasteiger partial charge on any atom is 0.167 e. The van der Waals surface area contributed by atoms with E-state index in [-0.39, 0.29) is 6.17 Å². The molecule has 2 heterocycles. The molecule has 0 radical (unpaired) electrons. The van der Waals surface area contributed by atoms with E-state index in [2.05, 4.69) is 24.1 Å². The Balaban J connectivity index is 2.18. The molecule has 0 aliphatic carbocycles. The Bertz CT molecular complexity index is 884. The minimum atomic E-state index is -0.0153. The molecule has 6 nitrogen and oxygen atoms in total. The minimum Gasteiger partial charge on any atom is -0.497 e. The highest BCUT2D eigenvalue weighted by Crippen LogP contribution is 2.41. The molecule has 26 heavy (non-hydrogen) atoms. The first-order valence-corrected chi connectivity index (χ1v) is 9.80. The highest BCUT2D eigenvalue weighted by Gasteiger charge is 2.30. The lowest BCUT2D eigenvalue weighted by Crippen LogP contribution is -2.31. The van der Waals surface area contributed by atoms with Crippen molar-refractivity contribution in [3.8, 4) is 17.2 Å². The van der Waals surface area contributed by atoms with Crippen molar-refractivity contribution in [2.24, 2.45) is 4.99 Å². The summed E-state index contributed by atoms with van der Waals surface area (Å²) in [4.78, 5) is 8.27. The summed E-state index contributed by atoms with van der Waals surface area (Å²) < 4.78 is 13.7. The summed E-state index contributed by atoms with van der Waals surface area (Å²) in [6.07, 6.45) is -0.0153. The quantitative estimate of drug-likeness (QED) is 0.735. The molecule has 0 saturated heterocycles. The third-order valence-corrected chi connectivity index (χ3v) is 5.89. The number of fused-ring (bicyclic) bond motifs is 1. The molecule has 2 aromatic rings. The van der Waals surface area contributed by atoms with Gasteiger partial charge in [-0.3, -0.25) is 9.47 Å². The predicted molar refractivity (Wildman–Crippen MR) is 110 cm³/mol. The molecule has 1 atom stereocenters. The van der Waals surface area contributed by atoms with E-state index in [1.165, 1.54) is 0 Å². The number of methoxy groups -OCH3 is 2. The van der Waals surface area contributed by atoms with Crippen molar-refractivity contribution in [1.29, 1.82) is 0 Å². The van der Waals surface area contributed by atoms with Gasteiger partial charge in [-0.25, -0.2) is 4.99 Å². The number of hydrogen-bond donors (Lipinski definition) is 1. The van der Waals surface area contributed by atoms with Gasteiger partial charge in [0.2, 0.25) is 0 Å². The maximum absolute atomic E-state index is 5.71. The molecule has 1 aromatic carbocycles. The van der Waals surface area contributed by atoms with E-state index in [1.807, 2.05) is 29.7 Å². The standard InChI is InChI=1S/C18H24N4O2S2/c1-6-21(7-2)16-15-17(20-11(3)19-16)22(18(25)26-15)13-9-8-12(23-4)10-14(13)24-5/h8-10,16H,6-7H2,1-5H3,(H,19,20). The summed E-state index contributed by atoms with van der Waals surface area (Å²) in [6.45, 7) is 8.13. The zero-order valence-corrected chi connectivity index (χ0v) is 17.3. The van der Waals surface area contributed by atoms with Crippen LogP contribution in [0.3, 0.4) is 0 Å². The molecule has 1 aliphatic heterocycles. The first kappa shape index (κ1) is 18.9. The van der Waals surface area contributed by atoms with Crippen LogP contribution >= 0.6 is 23.6 Å². The van der Waals surface area contributed by atoms with E-state index in [0.29, 0.717) is 5.75 Å². The van der Waals surface area contributed by atoms with Crippen molar-refractivity contribution in [3.63, 3.8) is 0 Å². The number of benzene rings is 1. The number of nitrogens with zero attached hydrogens (tertiary/aromatic N) is 3. The fourth-order valence-corrected chi connectivity index (χ4v) is 4.61. The van der Waals surface area contributed by atoms with Crippen molar-refractivity contribution in [1.82, 2.24) is 9.47 Å². The van der Waals surface area contributed by atoms with Crippen LogP contribution in [-0.2, 0) is 0 Å². The number of hydrogen-bond acceptors (Lipinski definition) is 7. The molecule has 0 bridgehead atoms. The van der Waals surface area contributed by atoms with Gasteiger partial charge in [0, 0.05) is 6.07 Å². The van der Waals surface area contributed by atoms with Gasteiger partial charge in [0.05, 0.1) is 24.8 Å². The molecule has 0 spiro atoms. The molecule has 3 rings (SSSR count). The number of amidine groups is 1. The Hall–Kier alpha value is -1.90. The van der Waals surface area contributed by atoms with Crippen molar-refractivity contribution in [2.45, 2.75) is 26.9 Å². The van der Waals surface area contributed by atoms with Gasteiger partial charge in [-0.15, -0.1) is 11.3 Å².